The van der Waals surface area contributed by atoms with Crippen LogP contribution in [0.2, 0.25) is 0 Å². The Kier molecular flexibility index (Phi) is 6.42. The van der Waals surface area contributed by atoms with Gasteiger partial charge >= 0.3 is 0 Å². The summed E-state index contributed by atoms with van der Waals surface area (Å²) in [7, 11) is 0. The topological polar surface area (TPSA) is 70.2 Å². The van der Waals surface area contributed by atoms with Gasteiger partial charge in [0.25, 0.3) is 0 Å². The SMILES string of the molecule is C[C@@H](Cc1c[nH]c2ccc(OCc3ccccc3)cc12)NCc1ncccc1CO. The summed E-state index contributed by atoms with van der Waals surface area (Å²) in [5, 5.41) is 14.2. The number of nitrogens with one attached hydrogen (secondary N) is 2. The Balaban J connectivity index is 1.40. The van der Waals surface area contributed by atoms with Crippen molar-refractivity contribution in [2.45, 2.75) is 39.1 Å². The molecule has 0 aliphatic carbocycles. The average Bonchev–Trinajstić information content (AvgIpc) is 3.19. The highest BCUT2D eigenvalue weighted by Gasteiger charge is 2.11. The maximum atomic E-state index is 9.47. The summed E-state index contributed by atoms with van der Waals surface area (Å²) in [6, 6.07) is 20.4. The summed E-state index contributed by atoms with van der Waals surface area (Å²) >= 11 is 0. The van der Waals surface area contributed by atoms with Crippen molar-refractivity contribution < 1.29 is 9.84 Å². The number of H-pyrrole nitrogens is 1. The van der Waals surface area contributed by atoms with Crippen LogP contribution in [0.25, 0.3) is 10.9 Å². The van der Waals surface area contributed by atoms with Crippen molar-refractivity contribution in [1.29, 1.82) is 0 Å². The monoisotopic (exact) mass is 401 g/mol. The summed E-state index contributed by atoms with van der Waals surface area (Å²) in [6.07, 6.45) is 4.71. The normalized spacial score (nSPS) is 12.2. The summed E-state index contributed by atoms with van der Waals surface area (Å²) in [5.74, 6) is 0.869. The highest BCUT2D eigenvalue weighted by Crippen LogP contribution is 2.25. The van der Waals surface area contributed by atoms with Gasteiger partial charge < -0.3 is 20.1 Å². The van der Waals surface area contributed by atoms with Gasteiger partial charge in [-0.25, -0.2) is 0 Å². The molecule has 0 aliphatic rings. The Bertz CT molecular complexity index is 1090. The molecule has 0 amide bonds. The van der Waals surface area contributed by atoms with Crippen molar-refractivity contribution in [2.24, 2.45) is 0 Å². The third kappa shape index (κ3) is 4.87. The average molecular weight is 402 g/mol. The maximum Gasteiger partial charge on any atom is 0.120 e. The lowest BCUT2D eigenvalue weighted by atomic mass is 10.1. The van der Waals surface area contributed by atoms with Gasteiger partial charge in [0, 0.05) is 41.4 Å². The first-order chi connectivity index (χ1) is 14.7. The summed E-state index contributed by atoms with van der Waals surface area (Å²) in [6.45, 7) is 3.36. The van der Waals surface area contributed by atoms with Gasteiger partial charge in [-0.2, -0.15) is 0 Å². The van der Waals surface area contributed by atoms with E-state index in [9.17, 15) is 5.11 Å². The van der Waals surface area contributed by atoms with E-state index in [0.717, 1.165) is 34.5 Å². The number of ether oxygens (including phenoxy) is 1. The zero-order valence-electron chi connectivity index (χ0n) is 17.1. The number of benzene rings is 2. The number of aromatic nitrogens is 2. The van der Waals surface area contributed by atoms with Gasteiger partial charge in [-0.05, 0) is 48.7 Å². The van der Waals surface area contributed by atoms with Crippen LogP contribution in [0.4, 0.5) is 0 Å². The van der Waals surface area contributed by atoms with E-state index in [2.05, 4.69) is 52.7 Å². The Labute approximate surface area is 176 Å². The lowest BCUT2D eigenvalue weighted by Crippen LogP contribution is -2.28. The van der Waals surface area contributed by atoms with E-state index < -0.39 is 0 Å². The number of aliphatic hydroxyl groups excluding tert-OH is 1. The molecule has 154 valence electrons. The van der Waals surface area contributed by atoms with Crippen LogP contribution < -0.4 is 10.1 Å². The highest BCUT2D eigenvalue weighted by molar-refractivity contribution is 5.84. The van der Waals surface area contributed by atoms with Gasteiger partial charge in [-0.1, -0.05) is 36.4 Å². The zero-order chi connectivity index (χ0) is 20.8. The number of aliphatic hydroxyl groups is 1. The van der Waals surface area contributed by atoms with Gasteiger partial charge in [0.1, 0.15) is 12.4 Å². The fourth-order valence-electron chi connectivity index (χ4n) is 3.60. The molecule has 30 heavy (non-hydrogen) atoms. The van der Waals surface area contributed by atoms with Crippen molar-refractivity contribution in [2.75, 3.05) is 0 Å². The first-order valence-electron chi connectivity index (χ1n) is 10.3. The molecule has 0 aliphatic heterocycles. The molecule has 0 unspecified atom stereocenters. The number of hydrogen-bond acceptors (Lipinski definition) is 4. The molecule has 0 saturated carbocycles. The van der Waals surface area contributed by atoms with Crippen molar-refractivity contribution in [3.63, 3.8) is 0 Å². The van der Waals surface area contributed by atoms with Crippen molar-refractivity contribution in [3.8, 4) is 5.75 Å². The molecule has 2 aromatic heterocycles. The van der Waals surface area contributed by atoms with Crippen LogP contribution in [0.5, 0.6) is 5.75 Å². The number of rotatable bonds is 9. The van der Waals surface area contributed by atoms with Crippen LogP contribution >= 0.6 is 0 Å². The summed E-state index contributed by atoms with van der Waals surface area (Å²) in [4.78, 5) is 7.74. The smallest absolute Gasteiger partial charge is 0.120 e. The standard InChI is InChI=1S/C25H27N3O2/c1-18(27-15-25-20(16-29)8-5-11-26-25)12-21-14-28-24-10-9-22(13-23(21)24)30-17-19-6-3-2-4-7-19/h2-11,13-14,18,27-29H,12,15-17H2,1H3/t18-/m0/s1. The van der Waals surface area contributed by atoms with Gasteiger partial charge in [0.05, 0.1) is 12.3 Å². The predicted molar refractivity (Wildman–Crippen MR) is 119 cm³/mol. The van der Waals surface area contributed by atoms with Crippen LogP contribution in [-0.4, -0.2) is 21.1 Å². The minimum atomic E-state index is 0.00738. The zero-order valence-corrected chi connectivity index (χ0v) is 17.1. The molecule has 2 aromatic carbocycles. The quantitative estimate of drug-likeness (QED) is 0.390. The molecule has 5 heteroatoms. The third-order valence-corrected chi connectivity index (χ3v) is 5.29. The van der Waals surface area contributed by atoms with Crippen LogP contribution in [0, 0.1) is 0 Å². The summed E-state index contributed by atoms with van der Waals surface area (Å²) in [5.41, 5.74) is 5.27. The van der Waals surface area contributed by atoms with Crippen LogP contribution in [-0.2, 0) is 26.2 Å². The van der Waals surface area contributed by atoms with E-state index >= 15 is 0 Å². The molecule has 4 rings (SSSR count). The molecule has 1 atom stereocenters. The maximum absolute atomic E-state index is 9.47. The number of aromatic amines is 1. The molecular formula is C25H27N3O2. The Morgan fingerprint density at radius 3 is 2.77 bits per heavy atom. The Hall–Kier alpha value is -3.15. The second kappa shape index (κ2) is 9.57. The first-order valence-corrected chi connectivity index (χ1v) is 10.3. The number of nitrogens with zero attached hydrogens (tertiary/aromatic N) is 1. The largest absolute Gasteiger partial charge is 0.489 e. The van der Waals surface area contributed by atoms with Crippen LogP contribution in [0.15, 0.2) is 73.1 Å². The minimum Gasteiger partial charge on any atom is -0.489 e. The van der Waals surface area contributed by atoms with Crippen molar-refractivity contribution in [1.82, 2.24) is 15.3 Å². The van der Waals surface area contributed by atoms with Crippen LogP contribution in [0.3, 0.4) is 0 Å². The second-order valence-electron chi connectivity index (χ2n) is 7.55. The van der Waals surface area contributed by atoms with E-state index in [1.807, 2.05) is 36.4 Å². The Morgan fingerprint density at radius 1 is 1.07 bits per heavy atom. The lowest BCUT2D eigenvalue weighted by Gasteiger charge is -2.14. The molecule has 0 radical (unpaired) electrons. The fraction of sp³-hybridized carbons (Fsp3) is 0.240. The molecular weight excluding hydrogens is 374 g/mol. The Morgan fingerprint density at radius 2 is 1.93 bits per heavy atom. The van der Waals surface area contributed by atoms with Gasteiger partial charge in [-0.15, -0.1) is 0 Å². The molecule has 0 spiro atoms. The van der Waals surface area contributed by atoms with Gasteiger partial charge in [0.2, 0.25) is 0 Å². The molecule has 4 aromatic rings. The first kappa shape index (κ1) is 20.1. The van der Waals surface area contributed by atoms with E-state index in [0.29, 0.717) is 13.2 Å². The number of hydrogen-bond donors (Lipinski definition) is 3. The summed E-state index contributed by atoms with van der Waals surface area (Å²) < 4.78 is 6.00. The van der Waals surface area contributed by atoms with Crippen molar-refractivity contribution >= 4 is 10.9 Å². The minimum absolute atomic E-state index is 0.00738. The molecule has 0 bridgehead atoms. The van der Waals surface area contributed by atoms with E-state index in [1.54, 1.807) is 6.20 Å². The van der Waals surface area contributed by atoms with Gasteiger partial charge in [0.15, 0.2) is 0 Å². The number of pyridine rings is 1. The third-order valence-electron chi connectivity index (χ3n) is 5.29. The molecule has 2 heterocycles. The van der Waals surface area contributed by atoms with Crippen molar-refractivity contribution in [3.05, 3.63) is 95.4 Å². The number of fused-ring (bicyclic) bond motifs is 1. The van der Waals surface area contributed by atoms with E-state index in [1.165, 1.54) is 10.9 Å². The van der Waals surface area contributed by atoms with Crippen LogP contribution in [0.1, 0.15) is 29.3 Å². The molecule has 3 N–H and O–H groups in total. The predicted octanol–water partition coefficient (Wildman–Crippen LogP) is 4.36. The highest BCUT2D eigenvalue weighted by atomic mass is 16.5. The van der Waals surface area contributed by atoms with Gasteiger partial charge in [-0.3, -0.25) is 4.98 Å². The second-order valence-corrected chi connectivity index (χ2v) is 7.55. The van der Waals surface area contributed by atoms with E-state index in [4.69, 9.17) is 4.74 Å². The molecule has 0 fully saturated rings. The molecule has 0 saturated heterocycles. The molecule has 5 nitrogen and oxygen atoms in total. The van der Waals surface area contributed by atoms with E-state index in [-0.39, 0.29) is 12.6 Å². The lowest BCUT2D eigenvalue weighted by molar-refractivity contribution is 0.279. The fourth-order valence-corrected chi connectivity index (χ4v) is 3.60.